The van der Waals surface area contributed by atoms with E-state index >= 15 is 0 Å². The van der Waals surface area contributed by atoms with Crippen LogP contribution in [0.5, 0.6) is 0 Å². The fraction of sp³-hybridized carbons (Fsp3) is 1.00. The van der Waals surface area contributed by atoms with E-state index in [0.29, 0.717) is 13.2 Å². The first-order valence-electron chi connectivity index (χ1n) is 4.48. The quantitative estimate of drug-likeness (QED) is 0.471. The number of rotatable bonds is 8. The van der Waals surface area contributed by atoms with Crippen molar-refractivity contribution in [1.82, 2.24) is 0 Å². The molecule has 1 unspecified atom stereocenters. The van der Waals surface area contributed by atoms with Gasteiger partial charge in [-0.05, 0) is 6.42 Å². The largest absolute Gasteiger partial charge is 0.382 e. The SMILES string of the molecule is CCCCSP(C)(=O)OCCOC. The van der Waals surface area contributed by atoms with E-state index < -0.39 is 6.57 Å². The van der Waals surface area contributed by atoms with E-state index in [1.54, 1.807) is 13.8 Å². The number of ether oxygens (including phenoxy) is 1. The Bertz CT molecular complexity index is 149. The van der Waals surface area contributed by atoms with Crippen LogP contribution in [0.4, 0.5) is 0 Å². The predicted molar refractivity (Wildman–Crippen MR) is 58.7 cm³/mol. The van der Waals surface area contributed by atoms with Gasteiger partial charge in [0.15, 0.2) is 0 Å². The zero-order chi connectivity index (χ0) is 10.2. The van der Waals surface area contributed by atoms with Crippen LogP contribution in [0.3, 0.4) is 0 Å². The average molecular weight is 226 g/mol. The zero-order valence-corrected chi connectivity index (χ0v) is 10.3. The van der Waals surface area contributed by atoms with Gasteiger partial charge in [0.05, 0.1) is 13.2 Å². The molecule has 0 fully saturated rings. The van der Waals surface area contributed by atoms with Crippen LogP contribution in [0, 0.1) is 0 Å². The van der Waals surface area contributed by atoms with Crippen molar-refractivity contribution >= 4 is 18.0 Å². The maximum atomic E-state index is 11.6. The summed E-state index contributed by atoms with van der Waals surface area (Å²) in [6.45, 7) is 2.30. The van der Waals surface area contributed by atoms with Crippen LogP contribution in [-0.2, 0) is 13.8 Å². The molecule has 1 atom stereocenters. The van der Waals surface area contributed by atoms with Crippen molar-refractivity contribution in [2.75, 3.05) is 32.7 Å². The molecule has 0 N–H and O–H groups in total. The summed E-state index contributed by atoms with van der Waals surface area (Å²) < 4.78 is 21.7. The molecule has 13 heavy (non-hydrogen) atoms. The van der Waals surface area contributed by atoms with Gasteiger partial charge >= 0.3 is 0 Å². The van der Waals surface area contributed by atoms with Gasteiger partial charge in [0.2, 0.25) is 0 Å². The molecule has 0 spiro atoms. The Morgan fingerprint density at radius 3 is 2.62 bits per heavy atom. The van der Waals surface area contributed by atoms with Crippen LogP contribution in [0.2, 0.25) is 0 Å². The Morgan fingerprint density at radius 2 is 2.08 bits per heavy atom. The van der Waals surface area contributed by atoms with Crippen LogP contribution >= 0.6 is 18.0 Å². The highest BCUT2D eigenvalue weighted by Crippen LogP contribution is 2.56. The van der Waals surface area contributed by atoms with E-state index in [2.05, 4.69) is 6.92 Å². The summed E-state index contributed by atoms with van der Waals surface area (Å²) in [7, 11) is 1.61. The van der Waals surface area contributed by atoms with E-state index in [9.17, 15) is 4.57 Å². The molecule has 0 aromatic rings. The third-order valence-electron chi connectivity index (χ3n) is 1.44. The fourth-order valence-corrected chi connectivity index (χ4v) is 3.76. The van der Waals surface area contributed by atoms with E-state index in [0.717, 1.165) is 18.6 Å². The van der Waals surface area contributed by atoms with Gasteiger partial charge in [-0.3, -0.25) is 4.57 Å². The lowest BCUT2D eigenvalue weighted by Gasteiger charge is -2.12. The van der Waals surface area contributed by atoms with Crippen LogP contribution in [-0.4, -0.2) is 32.7 Å². The second-order valence-electron chi connectivity index (χ2n) is 2.78. The van der Waals surface area contributed by atoms with Gasteiger partial charge in [0.25, 0.3) is 6.57 Å². The highest BCUT2D eigenvalue weighted by molar-refractivity contribution is 8.56. The first kappa shape index (κ1) is 13.5. The van der Waals surface area contributed by atoms with Crippen LogP contribution in [0.25, 0.3) is 0 Å². The van der Waals surface area contributed by atoms with Gasteiger partial charge in [-0.1, -0.05) is 24.7 Å². The smallest absolute Gasteiger partial charge is 0.254 e. The van der Waals surface area contributed by atoms with E-state index in [-0.39, 0.29) is 0 Å². The van der Waals surface area contributed by atoms with Crippen LogP contribution in [0.1, 0.15) is 19.8 Å². The highest BCUT2D eigenvalue weighted by atomic mass is 32.7. The summed E-state index contributed by atoms with van der Waals surface area (Å²) >= 11 is 1.43. The minimum absolute atomic E-state index is 0.420. The lowest BCUT2D eigenvalue weighted by atomic mass is 10.4. The molecule has 0 amide bonds. The number of unbranched alkanes of at least 4 members (excludes halogenated alkanes) is 1. The first-order valence-corrected chi connectivity index (χ1v) is 8.14. The topological polar surface area (TPSA) is 35.5 Å². The molecule has 0 aromatic carbocycles. The molecule has 0 rings (SSSR count). The average Bonchev–Trinajstić information content (AvgIpc) is 2.05. The molecule has 0 saturated heterocycles. The van der Waals surface area contributed by atoms with Crippen molar-refractivity contribution in [3.05, 3.63) is 0 Å². The molecule has 0 radical (unpaired) electrons. The molecular formula is C8H19O3PS. The Balaban J connectivity index is 3.49. The maximum Gasteiger partial charge on any atom is 0.254 e. The Morgan fingerprint density at radius 1 is 1.38 bits per heavy atom. The minimum Gasteiger partial charge on any atom is -0.382 e. The van der Waals surface area contributed by atoms with Crippen molar-refractivity contribution in [3.8, 4) is 0 Å². The molecule has 0 bridgehead atoms. The summed E-state index contributed by atoms with van der Waals surface area (Å²) in [5.74, 6) is 0.914. The molecule has 0 aliphatic carbocycles. The summed E-state index contributed by atoms with van der Waals surface area (Å²) in [6, 6.07) is 0. The number of hydrogen-bond donors (Lipinski definition) is 0. The molecular weight excluding hydrogens is 207 g/mol. The van der Waals surface area contributed by atoms with E-state index in [1.807, 2.05) is 0 Å². The predicted octanol–water partition coefficient (Wildman–Crippen LogP) is 3.01. The van der Waals surface area contributed by atoms with Gasteiger partial charge in [-0.15, -0.1) is 0 Å². The molecule has 0 aliphatic heterocycles. The second kappa shape index (κ2) is 7.86. The van der Waals surface area contributed by atoms with Gasteiger partial charge in [-0.25, -0.2) is 0 Å². The monoisotopic (exact) mass is 226 g/mol. The molecule has 0 aromatic heterocycles. The molecule has 80 valence electrons. The maximum absolute atomic E-state index is 11.6. The zero-order valence-electron chi connectivity index (χ0n) is 8.62. The van der Waals surface area contributed by atoms with Gasteiger partial charge < -0.3 is 9.26 Å². The molecule has 0 heterocycles. The standard InChI is InChI=1S/C8H19O3PS/c1-4-5-8-13-12(3,9)11-7-6-10-2/h4-8H2,1-3H3. The van der Waals surface area contributed by atoms with Gasteiger partial charge in [0.1, 0.15) is 0 Å². The summed E-state index contributed by atoms with van der Waals surface area (Å²) in [5, 5.41) is 0. The summed E-state index contributed by atoms with van der Waals surface area (Å²) in [4.78, 5) is 0. The summed E-state index contributed by atoms with van der Waals surface area (Å²) in [6.07, 6.45) is 2.22. The second-order valence-corrected chi connectivity index (χ2v) is 8.02. The first-order chi connectivity index (χ1) is 6.12. The number of methoxy groups -OCH3 is 1. The fourth-order valence-electron chi connectivity index (χ4n) is 0.698. The van der Waals surface area contributed by atoms with Crippen molar-refractivity contribution in [3.63, 3.8) is 0 Å². The molecule has 0 aliphatic rings. The van der Waals surface area contributed by atoms with Gasteiger partial charge in [0, 0.05) is 19.5 Å². The van der Waals surface area contributed by atoms with Crippen molar-refractivity contribution < 1.29 is 13.8 Å². The molecule has 3 nitrogen and oxygen atoms in total. The lowest BCUT2D eigenvalue weighted by molar-refractivity contribution is 0.150. The number of hydrogen-bond acceptors (Lipinski definition) is 4. The van der Waals surface area contributed by atoms with Crippen LogP contribution < -0.4 is 0 Å². The Kier molecular flexibility index (Phi) is 8.17. The normalized spacial score (nSPS) is 15.6. The summed E-state index contributed by atoms with van der Waals surface area (Å²) in [5.41, 5.74) is 0. The third-order valence-corrected chi connectivity index (χ3v) is 5.30. The molecule has 0 saturated carbocycles. The molecule has 5 heteroatoms. The Labute approximate surface area is 84.8 Å². The van der Waals surface area contributed by atoms with Crippen molar-refractivity contribution in [2.24, 2.45) is 0 Å². The van der Waals surface area contributed by atoms with Crippen molar-refractivity contribution in [2.45, 2.75) is 19.8 Å². The van der Waals surface area contributed by atoms with Crippen LogP contribution in [0.15, 0.2) is 0 Å². The van der Waals surface area contributed by atoms with E-state index in [1.165, 1.54) is 11.4 Å². The Hall–Kier alpha value is 0.500. The van der Waals surface area contributed by atoms with E-state index in [4.69, 9.17) is 9.26 Å². The van der Waals surface area contributed by atoms with Crippen molar-refractivity contribution in [1.29, 1.82) is 0 Å². The van der Waals surface area contributed by atoms with Gasteiger partial charge in [-0.2, -0.15) is 0 Å². The third kappa shape index (κ3) is 8.82. The lowest BCUT2D eigenvalue weighted by Crippen LogP contribution is -1.98. The highest BCUT2D eigenvalue weighted by Gasteiger charge is 2.15. The minimum atomic E-state index is -2.42.